The van der Waals surface area contributed by atoms with Crippen LogP contribution in [0.1, 0.15) is 24.8 Å². The van der Waals surface area contributed by atoms with E-state index >= 15 is 0 Å². The molecule has 1 aromatic carbocycles. The third kappa shape index (κ3) is 2.79. The fraction of sp³-hybridized carbons (Fsp3) is 0.462. The molecule has 0 amide bonds. The number of carboxylic acids is 1. The number of benzene rings is 1. The standard InChI is InChI=1S/C13H17NO4S/c1-10-4-2-5-11(8-10)19(17,18)14-9-13(12(15)16)6-3-7-13/h2,4-5,8,14H,3,6-7,9H2,1H3,(H,15,16). The molecule has 0 radical (unpaired) electrons. The number of hydrogen-bond acceptors (Lipinski definition) is 3. The van der Waals surface area contributed by atoms with Crippen LogP contribution in [0.3, 0.4) is 0 Å². The van der Waals surface area contributed by atoms with Gasteiger partial charge in [-0.1, -0.05) is 18.6 Å². The molecule has 5 nitrogen and oxygen atoms in total. The van der Waals surface area contributed by atoms with Crippen molar-refractivity contribution in [2.75, 3.05) is 6.54 Å². The van der Waals surface area contributed by atoms with E-state index in [2.05, 4.69) is 4.72 Å². The second kappa shape index (κ2) is 4.94. The van der Waals surface area contributed by atoms with E-state index in [9.17, 15) is 13.2 Å². The molecule has 0 atom stereocenters. The van der Waals surface area contributed by atoms with Crippen molar-refractivity contribution in [3.63, 3.8) is 0 Å². The van der Waals surface area contributed by atoms with Crippen molar-refractivity contribution in [2.24, 2.45) is 5.41 Å². The third-order valence-electron chi connectivity index (χ3n) is 3.66. The van der Waals surface area contributed by atoms with Crippen LogP contribution in [-0.4, -0.2) is 26.0 Å². The van der Waals surface area contributed by atoms with Gasteiger partial charge in [-0.25, -0.2) is 13.1 Å². The Morgan fingerprint density at radius 1 is 1.42 bits per heavy atom. The summed E-state index contributed by atoms with van der Waals surface area (Å²) in [6.45, 7) is 1.77. The minimum Gasteiger partial charge on any atom is -0.481 e. The highest BCUT2D eigenvalue weighted by Gasteiger charge is 2.44. The molecule has 0 heterocycles. The van der Waals surface area contributed by atoms with Gasteiger partial charge in [0.1, 0.15) is 0 Å². The van der Waals surface area contributed by atoms with E-state index in [1.165, 1.54) is 6.07 Å². The predicted molar refractivity (Wildman–Crippen MR) is 70.3 cm³/mol. The molecule has 2 N–H and O–H groups in total. The number of aryl methyl sites for hydroxylation is 1. The number of carboxylic acid groups (broad SMARTS) is 1. The van der Waals surface area contributed by atoms with E-state index in [1.54, 1.807) is 12.1 Å². The van der Waals surface area contributed by atoms with E-state index in [1.807, 2.05) is 13.0 Å². The maximum atomic E-state index is 12.1. The van der Waals surface area contributed by atoms with Crippen LogP contribution in [0.5, 0.6) is 0 Å². The molecule has 1 aliphatic carbocycles. The Balaban J connectivity index is 2.12. The van der Waals surface area contributed by atoms with Crippen molar-refractivity contribution in [3.05, 3.63) is 29.8 Å². The largest absolute Gasteiger partial charge is 0.481 e. The molecule has 1 saturated carbocycles. The topological polar surface area (TPSA) is 83.5 Å². The average molecular weight is 283 g/mol. The van der Waals surface area contributed by atoms with Crippen LogP contribution in [-0.2, 0) is 14.8 Å². The summed E-state index contributed by atoms with van der Waals surface area (Å²) in [5.74, 6) is -0.925. The van der Waals surface area contributed by atoms with Crippen molar-refractivity contribution in [3.8, 4) is 0 Å². The van der Waals surface area contributed by atoms with Gasteiger partial charge in [0.15, 0.2) is 0 Å². The molecule has 104 valence electrons. The molecule has 6 heteroatoms. The first-order valence-corrected chi connectivity index (χ1v) is 7.64. The van der Waals surface area contributed by atoms with Crippen LogP contribution in [0.2, 0.25) is 0 Å². The summed E-state index contributed by atoms with van der Waals surface area (Å²) in [5.41, 5.74) is -0.0730. The first-order valence-electron chi connectivity index (χ1n) is 6.15. The summed E-state index contributed by atoms with van der Waals surface area (Å²) >= 11 is 0. The second-order valence-corrected chi connectivity index (χ2v) is 6.85. The van der Waals surface area contributed by atoms with Crippen molar-refractivity contribution in [1.29, 1.82) is 0 Å². The number of nitrogens with one attached hydrogen (secondary N) is 1. The lowest BCUT2D eigenvalue weighted by Crippen LogP contribution is -2.47. The maximum absolute atomic E-state index is 12.1. The lowest BCUT2D eigenvalue weighted by atomic mass is 9.69. The highest BCUT2D eigenvalue weighted by molar-refractivity contribution is 7.89. The summed E-state index contributed by atoms with van der Waals surface area (Å²) in [7, 11) is -3.64. The monoisotopic (exact) mass is 283 g/mol. The van der Waals surface area contributed by atoms with Crippen molar-refractivity contribution < 1.29 is 18.3 Å². The molecular formula is C13H17NO4S. The summed E-state index contributed by atoms with van der Waals surface area (Å²) in [6, 6.07) is 6.55. The minimum atomic E-state index is -3.64. The van der Waals surface area contributed by atoms with Gasteiger partial charge in [0, 0.05) is 6.54 Å². The quantitative estimate of drug-likeness (QED) is 0.858. The second-order valence-electron chi connectivity index (χ2n) is 5.08. The van der Waals surface area contributed by atoms with Gasteiger partial charge < -0.3 is 5.11 Å². The molecule has 0 unspecified atom stereocenters. The summed E-state index contributed by atoms with van der Waals surface area (Å²) in [5, 5.41) is 9.16. The van der Waals surface area contributed by atoms with Crippen molar-refractivity contribution in [2.45, 2.75) is 31.1 Å². The Morgan fingerprint density at radius 2 is 2.11 bits per heavy atom. The Kier molecular flexibility index (Phi) is 3.64. The van der Waals surface area contributed by atoms with Gasteiger partial charge in [0.25, 0.3) is 0 Å². The van der Waals surface area contributed by atoms with Crippen LogP contribution in [0.25, 0.3) is 0 Å². The fourth-order valence-corrected chi connectivity index (χ4v) is 3.40. The van der Waals surface area contributed by atoms with Gasteiger partial charge in [0.2, 0.25) is 10.0 Å². The van der Waals surface area contributed by atoms with Crippen LogP contribution in [0.15, 0.2) is 29.2 Å². The Morgan fingerprint density at radius 3 is 2.58 bits per heavy atom. The van der Waals surface area contributed by atoms with E-state index in [0.717, 1.165) is 12.0 Å². The molecule has 1 fully saturated rings. The van der Waals surface area contributed by atoms with E-state index in [4.69, 9.17) is 5.11 Å². The molecular weight excluding hydrogens is 266 g/mol. The van der Waals surface area contributed by atoms with Gasteiger partial charge in [-0.05, 0) is 37.5 Å². The lowest BCUT2D eigenvalue weighted by molar-refractivity contribution is -0.153. The number of aliphatic carboxylic acids is 1. The average Bonchev–Trinajstić information content (AvgIpc) is 2.27. The molecule has 19 heavy (non-hydrogen) atoms. The Labute approximate surface area is 112 Å². The third-order valence-corrected chi connectivity index (χ3v) is 5.06. The fourth-order valence-electron chi connectivity index (χ4n) is 2.17. The van der Waals surface area contributed by atoms with E-state index < -0.39 is 21.4 Å². The SMILES string of the molecule is Cc1cccc(S(=O)(=O)NCC2(C(=O)O)CCC2)c1. The molecule has 0 aromatic heterocycles. The molecule has 1 aromatic rings. The summed E-state index contributed by atoms with van der Waals surface area (Å²) in [4.78, 5) is 11.3. The first kappa shape index (κ1) is 14.0. The molecule has 0 spiro atoms. The molecule has 1 aliphatic rings. The zero-order valence-corrected chi connectivity index (χ0v) is 11.5. The molecule has 0 bridgehead atoms. The number of carbonyl (C=O) groups is 1. The Bertz CT molecular complexity index is 590. The van der Waals surface area contributed by atoms with Gasteiger partial charge in [0.05, 0.1) is 10.3 Å². The molecule has 0 aliphatic heterocycles. The van der Waals surface area contributed by atoms with Gasteiger partial charge in [-0.2, -0.15) is 0 Å². The molecule has 0 saturated heterocycles. The van der Waals surface area contributed by atoms with Crippen LogP contribution < -0.4 is 4.72 Å². The molecule has 2 rings (SSSR count). The normalized spacial score (nSPS) is 17.7. The number of rotatable bonds is 5. The highest BCUT2D eigenvalue weighted by atomic mass is 32.2. The van der Waals surface area contributed by atoms with Crippen LogP contribution in [0.4, 0.5) is 0 Å². The highest BCUT2D eigenvalue weighted by Crippen LogP contribution is 2.40. The van der Waals surface area contributed by atoms with Crippen molar-refractivity contribution in [1.82, 2.24) is 4.72 Å². The first-order chi connectivity index (χ1) is 8.86. The van der Waals surface area contributed by atoms with Crippen LogP contribution in [0, 0.1) is 12.3 Å². The minimum absolute atomic E-state index is 0.0430. The summed E-state index contributed by atoms with van der Waals surface area (Å²) in [6.07, 6.45) is 1.88. The summed E-state index contributed by atoms with van der Waals surface area (Å²) < 4.78 is 26.6. The van der Waals surface area contributed by atoms with Crippen LogP contribution >= 0.6 is 0 Å². The van der Waals surface area contributed by atoms with Gasteiger partial charge >= 0.3 is 5.97 Å². The smallest absolute Gasteiger partial charge is 0.310 e. The number of hydrogen-bond donors (Lipinski definition) is 2. The van der Waals surface area contributed by atoms with E-state index in [-0.39, 0.29) is 11.4 Å². The number of sulfonamides is 1. The van der Waals surface area contributed by atoms with Crippen molar-refractivity contribution >= 4 is 16.0 Å². The zero-order valence-electron chi connectivity index (χ0n) is 10.7. The van der Waals surface area contributed by atoms with E-state index in [0.29, 0.717) is 12.8 Å². The maximum Gasteiger partial charge on any atom is 0.310 e. The van der Waals surface area contributed by atoms with Gasteiger partial charge in [-0.15, -0.1) is 0 Å². The zero-order chi connectivity index (χ0) is 14.1. The predicted octanol–water partition coefficient (Wildman–Crippen LogP) is 1.53. The lowest BCUT2D eigenvalue weighted by Gasteiger charge is -2.37. The Hall–Kier alpha value is -1.40. The van der Waals surface area contributed by atoms with Gasteiger partial charge in [-0.3, -0.25) is 4.79 Å².